The Kier molecular flexibility index (Phi) is 7.59. The van der Waals surface area contributed by atoms with E-state index in [1.54, 1.807) is 42.1 Å². The summed E-state index contributed by atoms with van der Waals surface area (Å²) in [5.74, 6) is -0.0628. The summed E-state index contributed by atoms with van der Waals surface area (Å²) in [7, 11) is -1.60. The van der Waals surface area contributed by atoms with Crippen LogP contribution in [0.25, 0.3) is 0 Å². The van der Waals surface area contributed by atoms with Crippen molar-refractivity contribution in [2.75, 3.05) is 19.6 Å². The number of aromatic nitrogens is 2. The Morgan fingerprint density at radius 1 is 1.29 bits per heavy atom. The first-order chi connectivity index (χ1) is 12.9. The molecule has 1 aliphatic rings. The van der Waals surface area contributed by atoms with Gasteiger partial charge >= 0.3 is 0 Å². The highest BCUT2D eigenvalue weighted by Crippen LogP contribution is 2.28. The molecular weight excluding hydrogens is 402 g/mol. The van der Waals surface area contributed by atoms with Crippen molar-refractivity contribution in [1.82, 2.24) is 25.1 Å². The second kappa shape index (κ2) is 9.51. The number of hydrogen-bond donors (Lipinski definition) is 3. The number of aryl methyl sites for hydroxylation is 1. The number of nitrogens with zero attached hydrogens (tertiary/aromatic N) is 2. The summed E-state index contributed by atoms with van der Waals surface area (Å²) in [5.41, 5.74) is 1.91. The molecule has 0 bridgehead atoms. The summed E-state index contributed by atoms with van der Waals surface area (Å²) < 4.78 is 28.1. The van der Waals surface area contributed by atoms with Crippen LogP contribution in [0.4, 0.5) is 0 Å². The van der Waals surface area contributed by atoms with E-state index in [1.165, 1.54) is 0 Å². The van der Waals surface area contributed by atoms with Gasteiger partial charge in [0.25, 0.3) is 0 Å². The summed E-state index contributed by atoms with van der Waals surface area (Å²) in [5, 5.41) is 10.4. The normalized spacial score (nSPS) is 19.2. The second-order valence-corrected chi connectivity index (χ2v) is 8.45. The lowest BCUT2D eigenvalue weighted by Crippen LogP contribution is -2.34. The molecule has 2 heterocycles. The highest BCUT2D eigenvalue weighted by molar-refractivity contribution is 7.89. The molecule has 3 rings (SSSR count). The van der Waals surface area contributed by atoms with Crippen molar-refractivity contribution >= 4 is 28.3 Å². The van der Waals surface area contributed by atoms with Gasteiger partial charge in [-0.15, -0.1) is 12.4 Å². The molecule has 154 valence electrons. The van der Waals surface area contributed by atoms with Crippen LogP contribution < -0.4 is 15.4 Å². The first-order valence-electron chi connectivity index (χ1n) is 8.96. The molecule has 0 saturated carbocycles. The van der Waals surface area contributed by atoms with Crippen LogP contribution in [0.5, 0.6) is 0 Å². The average Bonchev–Trinajstić information content (AvgIpc) is 3.28. The highest BCUT2D eigenvalue weighted by Gasteiger charge is 2.34. The molecule has 0 aliphatic carbocycles. The molecule has 28 heavy (non-hydrogen) atoms. The third-order valence-corrected chi connectivity index (χ3v) is 6.30. The Hall–Kier alpha value is -1.94. The van der Waals surface area contributed by atoms with Crippen molar-refractivity contribution in [3.63, 3.8) is 0 Å². The van der Waals surface area contributed by atoms with Gasteiger partial charge in [-0.1, -0.05) is 19.1 Å². The van der Waals surface area contributed by atoms with E-state index in [-0.39, 0.29) is 35.0 Å². The number of hydrogen-bond acceptors (Lipinski definition) is 5. The number of rotatable bonds is 7. The van der Waals surface area contributed by atoms with Crippen LogP contribution >= 0.6 is 12.4 Å². The Balaban J connectivity index is 0.00000280. The molecule has 0 unspecified atom stereocenters. The summed E-state index contributed by atoms with van der Waals surface area (Å²) in [6, 6.07) is 6.54. The molecule has 1 aromatic heterocycles. The van der Waals surface area contributed by atoms with Gasteiger partial charge in [0.05, 0.1) is 17.0 Å². The van der Waals surface area contributed by atoms with Crippen LogP contribution in [0.15, 0.2) is 41.6 Å². The molecule has 1 saturated heterocycles. The maximum absolute atomic E-state index is 12.6. The van der Waals surface area contributed by atoms with Crippen LogP contribution in [0.3, 0.4) is 0 Å². The Bertz CT molecular complexity index is 898. The van der Waals surface area contributed by atoms with Crippen LogP contribution in [0, 0.1) is 5.92 Å². The first kappa shape index (κ1) is 22.4. The van der Waals surface area contributed by atoms with E-state index in [1.807, 2.05) is 13.2 Å². The highest BCUT2D eigenvalue weighted by atomic mass is 35.5. The van der Waals surface area contributed by atoms with E-state index in [9.17, 15) is 13.2 Å². The molecule has 0 spiro atoms. The van der Waals surface area contributed by atoms with Crippen molar-refractivity contribution in [1.29, 1.82) is 0 Å². The number of nitrogens with one attached hydrogen (secondary N) is 3. The van der Waals surface area contributed by atoms with Gasteiger partial charge in [0, 0.05) is 45.3 Å². The van der Waals surface area contributed by atoms with Crippen molar-refractivity contribution in [3.05, 3.63) is 47.8 Å². The molecule has 1 fully saturated rings. The van der Waals surface area contributed by atoms with Gasteiger partial charge in [-0.25, -0.2) is 13.1 Å². The van der Waals surface area contributed by atoms with Gasteiger partial charge in [0.2, 0.25) is 15.9 Å². The zero-order valence-corrected chi connectivity index (χ0v) is 17.5. The van der Waals surface area contributed by atoms with Crippen molar-refractivity contribution in [2.45, 2.75) is 24.3 Å². The Morgan fingerprint density at radius 3 is 2.61 bits per heavy atom. The second-order valence-electron chi connectivity index (χ2n) is 6.68. The van der Waals surface area contributed by atoms with Crippen LogP contribution in [-0.2, 0) is 28.4 Å². The van der Waals surface area contributed by atoms with E-state index in [4.69, 9.17) is 0 Å². The monoisotopic (exact) mass is 427 g/mol. The minimum Gasteiger partial charge on any atom is -0.352 e. The molecule has 1 amide bonds. The third-order valence-electron chi connectivity index (χ3n) is 4.74. The van der Waals surface area contributed by atoms with Gasteiger partial charge in [-0.3, -0.25) is 9.48 Å². The summed E-state index contributed by atoms with van der Waals surface area (Å²) >= 11 is 0. The van der Waals surface area contributed by atoms with Crippen LogP contribution in [0.1, 0.15) is 24.0 Å². The maximum atomic E-state index is 12.6. The molecule has 0 radical (unpaired) electrons. The number of sulfonamides is 1. The fourth-order valence-electron chi connectivity index (χ4n) is 3.32. The van der Waals surface area contributed by atoms with E-state index >= 15 is 0 Å². The topological polar surface area (TPSA) is 105 Å². The molecule has 2 aromatic rings. The predicted octanol–water partition coefficient (Wildman–Crippen LogP) is 0.760. The fourth-order valence-corrected chi connectivity index (χ4v) is 4.36. The Morgan fingerprint density at radius 2 is 2.00 bits per heavy atom. The molecule has 10 heteroatoms. The standard InChI is InChI=1S/C18H25N5O3S.ClH/c1-3-22-27(25,26)15-6-4-13(5-7-15)8-20-18(24)17-11-19-10-16(17)14-9-21-23(2)12-14;/h4-7,9,12,16-17,19,22H,3,8,10-11H2,1-2H3,(H,20,24);1H/t16-,17+;/m1./s1. The quantitative estimate of drug-likeness (QED) is 0.605. The van der Waals surface area contributed by atoms with Gasteiger partial charge in [0.1, 0.15) is 0 Å². The summed E-state index contributed by atoms with van der Waals surface area (Å²) in [6.07, 6.45) is 3.75. The maximum Gasteiger partial charge on any atom is 0.240 e. The predicted molar refractivity (Wildman–Crippen MR) is 109 cm³/mol. The fraction of sp³-hybridized carbons (Fsp3) is 0.444. The zero-order valence-electron chi connectivity index (χ0n) is 15.9. The van der Waals surface area contributed by atoms with Crippen molar-refractivity contribution in [3.8, 4) is 0 Å². The zero-order chi connectivity index (χ0) is 19.4. The number of carbonyl (C=O) groups excluding carboxylic acids is 1. The van der Waals surface area contributed by atoms with Gasteiger partial charge in [-0.05, 0) is 23.3 Å². The average molecular weight is 428 g/mol. The van der Waals surface area contributed by atoms with E-state index in [0.717, 1.165) is 17.7 Å². The number of amides is 1. The minimum absolute atomic E-state index is 0. The summed E-state index contributed by atoms with van der Waals surface area (Å²) in [4.78, 5) is 12.9. The van der Waals surface area contributed by atoms with E-state index < -0.39 is 10.0 Å². The lowest BCUT2D eigenvalue weighted by atomic mass is 9.90. The largest absolute Gasteiger partial charge is 0.352 e. The smallest absolute Gasteiger partial charge is 0.240 e. The van der Waals surface area contributed by atoms with Crippen molar-refractivity contribution < 1.29 is 13.2 Å². The van der Waals surface area contributed by atoms with Gasteiger partial charge < -0.3 is 10.6 Å². The first-order valence-corrected chi connectivity index (χ1v) is 10.4. The molecular formula is C18H26ClN5O3S. The number of halogens is 1. The molecule has 8 nitrogen and oxygen atoms in total. The van der Waals surface area contributed by atoms with E-state index in [0.29, 0.717) is 19.6 Å². The minimum atomic E-state index is -3.46. The molecule has 1 aromatic carbocycles. The van der Waals surface area contributed by atoms with Crippen LogP contribution in [-0.4, -0.2) is 43.7 Å². The molecule has 3 N–H and O–H groups in total. The van der Waals surface area contributed by atoms with Crippen LogP contribution in [0.2, 0.25) is 0 Å². The number of carbonyl (C=O) groups is 1. The molecule has 1 aliphatic heterocycles. The SMILES string of the molecule is CCNS(=O)(=O)c1ccc(CNC(=O)[C@H]2CNC[C@@H]2c2cnn(C)c2)cc1.Cl. The summed E-state index contributed by atoms with van der Waals surface area (Å²) in [6.45, 7) is 3.81. The third kappa shape index (κ3) is 5.11. The number of benzene rings is 1. The molecule has 2 atom stereocenters. The van der Waals surface area contributed by atoms with Gasteiger partial charge in [0.15, 0.2) is 0 Å². The van der Waals surface area contributed by atoms with Crippen molar-refractivity contribution in [2.24, 2.45) is 13.0 Å². The lowest BCUT2D eigenvalue weighted by molar-refractivity contribution is -0.125. The Labute approximate surface area is 171 Å². The lowest BCUT2D eigenvalue weighted by Gasteiger charge is -2.17. The van der Waals surface area contributed by atoms with E-state index in [2.05, 4.69) is 20.5 Å². The van der Waals surface area contributed by atoms with Gasteiger partial charge in [-0.2, -0.15) is 5.10 Å².